The molecule has 0 bridgehead atoms. The summed E-state index contributed by atoms with van der Waals surface area (Å²) in [6.45, 7) is 6.82. The predicted octanol–water partition coefficient (Wildman–Crippen LogP) is 2.92. The Hall–Kier alpha value is -3.19. The third kappa shape index (κ3) is 4.99. The molecule has 4 rings (SSSR count). The van der Waals surface area contributed by atoms with Crippen LogP contribution >= 0.6 is 0 Å². The summed E-state index contributed by atoms with van der Waals surface area (Å²) < 4.78 is 6.23. The number of benzene rings is 2. The molecule has 2 aromatic carbocycles. The number of nitrogens with zero attached hydrogens (tertiary/aromatic N) is 2. The van der Waals surface area contributed by atoms with Crippen LogP contribution in [0.15, 0.2) is 54.6 Å². The highest BCUT2D eigenvalue weighted by atomic mass is 16.5. The fourth-order valence-electron chi connectivity index (χ4n) is 4.85. The smallest absolute Gasteiger partial charge is 0.256 e. The number of hydrogen-bond donors (Lipinski definition) is 1. The molecule has 2 saturated heterocycles. The number of nitrogens with one attached hydrogen (secondary N) is 1. The number of carbonyl (C=O) groups is 3. The Labute approximate surface area is 201 Å². The molecule has 0 aliphatic carbocycles. The van der Waals surface area contributed by atoms with Gasteiger partial charge in [-0.3, -0.25) is 19.3 Å². The Morgan fingerprint density at radius 3 is 2.41 bits per heavy atom. The van der Waals surface area contributed by atoms with E-state index in [0.29, 0.717) is 37.9 Å². The predicted molar refractivity (Wildman–Crippen MR) is 129 cm³/mol. The molecule has 0 aromatic heterocycles. The van der Waals surface area contributed by atoms with Crippen molar-refractivity contribution in [2.24, 2.45) is 0 Å². The van der Waals surface area contributed by atoms with Crippen LogP contribution in [0.1, 0.15) is 48.2 Å². The zero-order chi connectivity index (χ0) is 24.3. The minimum atomic E-state index is -0.899. The number of aryl methyl sites for hydroxylation is 1. The van der Waals surface area contributed by atoms with E-state index in [-0.39, 0.29) is 30.4 Å². The summed E-state index contributed by atoms with van der Waals surface area (Å²) in [5, 5.41) is 2.93. The first-order valence-corrected chi connectivity index (χ1v) is 12.0. The van der Waals surface area contributed by atoms with Gasteiger partial charge >= 0.3 is 0 Å². The van der Waals surface area contributed by atoms with Gasteiger partial charge in [0.25, 0.3) is 5.91 Å². The van der Waals surface area contributed by atoms with Crippen molar-refractivity contribution in [2.75, 3.05) is 19.7 Å². The molecule has 34 heavy (non-hydrogen) atoms. The first-order valence-electron chi connectivity index (χ1n) is 12.0. The van der Waals surface area contributed by atoms with Gasteiger partial charge in [-0.25, -0.2) is 0 Å². The molecule has 2 aliphatic heterocycles. The number of ether oxygens (including phenoxy) is 1. The van der Waals surface area contributed by atoms with E-state index in [2.05, 4.69) is 5.32 Å². The minimum Gasteiger partial charge on any atom is -0.353 e. The average molecular weight is 464 g/mol. The Balaban J connectivity index is 1.54. The zero-order valence-electron chi connectivity index (χ0n) is 20.1. The monoisotopic (exact) mass is 463 g/mol. The lowest BCUT2D eigenvalue weighted by Gasteiger charge is -2.44. The maximum atomic E-state index is 13.7. The van der Waals surface area contributed by atoms with Gasteiger partial charge < -0.3 is 15.0 Å². The van der Waals surface area contributed by atoms with E-state index in [4.69, 9.17) is 4.74 Å². The Kier molecular flexibility index (Phi) is 7.03. The fraction of sp³-hybridized carbons (Fsp3) is 0.444. The molecule has 7 nitrogen and oxygen atoms in total. The van der Waals surface area contributed by atoms with Gasteiger partial charge in [0.2, 0.25) is 11.8 Å². The van der Waals surface area contributed by atoms with Crippen molar-refractivity contribution in [1.29, 1.82) is 0 Å². The van der Waals surface area contributed by atoms with Crippen LogP contribution in [-0.4, -0.2) is 65.0 Å². The van der Waals surface area contributed by atoms with Crippen molar-refractivity contribution in [3.63, 3.8) is 0 Å². The van der Waals surface area contributed by atoms with Crippen LogP contribution in [0.5, 0.6) is 0 Å². The summed E-state index contributed by atoms with van der Waals surface area (Å²) in [5.41, 5.74) is 1.59. The third-order valence-corrected chi connectivity index (χ3v) is 6.57. The number of hydrogen-bond acceptors (Lipinski definition) is 4. The van der Waals surface area contributed by atoms with Crippen molar-refractivity contribution in [3.05, 3.63) is 71.3 Å². The third-order valence-electron chi connectivity index (χ3n) is 6.57. The summed E-state index contributed by atoms with van der Waals surface area (Å²) in [5.74, 6) is -0.366. The van der Waals surface area contributed by atoms with E-state index in [0.717, 1.165) is 11.1 Å². The Morgan fingerprint density at radius 1 is 1.06 bits per heavy atom. The van der Waals surface area contributed by atoms with E-state index in [1.807, 2.05) is 74.2 Å². The maximum Gasteiger partial charge on any atom is 0.256 e. The van der Waals surface area contributed by atoms with Crippen molar-refractivity contribution < 1.29 is 19.1 Å². The first kappa shape index (κ1) is 24.0. The molecular weight excluding hydrogens is 430 g/mol. The molecule has 3 amide bonds. The molecule has 2 aliphatic rings. The van der Waals surface area contributed by atoms with Crippen LogP contribution < -0.4 is 5.32 Å². The Morgan fingerprint density at radius 2 is 1.76 bits per heavy atom. The molecule has 1 unspecified atom stereocenters. The van der Waals surface area contributed by atoms with Gasteiger partial charge in [0, 0.05) is 37.5 Å². The highest BCUT2D eigenvalue weighted by Crippen LogP contribution is 2.38. The lowest BCUT2D eigenvalue weighted by molar-refractivity contribution is -0.143. The second-order valence-corrected chi connectivity index (χ2v) is 9.52. The van der Waals surface area contributed by atoms with Gasteiger partial charge in [-0.2, -0.15) is 0 Å². The van der Waals surface area contributed by atoms with Gasteiger partial charge in [-0.05, 0) is 38.5 Å². The maximum absolute atomic E-state index is 13.7. The van der Waals surface area contributed by atoms with Crippen molar-refractivity contribution >= 4 is 17.7 Å². The topological polar surface area (TPSA) is 79.0 Å². The highest BCUT2D eigenvalue weighted by Gasteiger charge is 2.54. The van der Waals surface area contributed by atoms with Crippen LogP contribution in [0.2, 0.25) is 0 Å². The summed E-state index contributed by atoms with van der Waals surface area (Å²) >= 11 is 0. The molecule has 2 heterocycles. The lowest BCUT2D eigenvalue weighted by Crippen LogP contribution is -2.60. The van der Waals surface area contributed by atoms with Gasteiger partial charge in [0.1, 0.15) is 11.8 Å². The average Bonchev–Trinajstić information content (AvgIpc) is 3.18. The molecule has 7 heteroatoms. The van der Waals surface area contributed by atoms with Gasteiger partial charge in [0.05, 0.1) is 13.0 Å². The van der Waals surface area contributed by atoms with E-state index >= 15 is 0 Å². The van der Waals surface area contributed by atoms with Crippen molar-refractivity contribution in [1.82, 2.24) is 15.1 Å². The molecule has 2 fully saturated rings. The van der Waals surface area contributed by atoms with Crippen molar-refractivity contribution in [3.8, 4) is 0 Å². The molecule has 1 spiro atoms. The minimum absolute atomic E-state index is 0.0440. The van der Waals surface area contributed by atoms with Crippen molar-refractivity contribution in [2.45, 2.75) is 57.8 Å². The second-order valence-electron chi connectivity index (χ2n) is 9.52. The summed E-state index contributed by atoms with van der Waals surface area (Å²) in [6.07, 6.45) is 1.28. The summed E-state index contributed by atoms with van der Waals surface area (Å²) in [7, 11) is 0. The van der Waals surface area contributed by atoms with Gasteiger partial charge in [-0.1, -0.05) is 48.0 Å². The SMILES string of the molecule is Cc1cccc(C(=O)N2C(C(=O)NC(C)C)COC23CCN(C(=O)Cc2ccccc2)CC3)c1. The van der Waals surface area contributed by atoms with Crippen LogP contribution in [0.3, 0.4) is 0 Å². The number of likely N-dealkylation sites (tertiary alicyclic amines) is 1. The number of amides is 3. The molecule has 1 N–H and O–H groups in total. The normalized spacial score (nSPS) is 19.5. The lowest BCUT2D eigenvalue weighted by atomic mass is 9.96. The van der Waals surface area contributed by atoms with Gasteiger partial charge in [-0.15, -0.1) is 0 Å². The van der Waals surface area contributed by atoms with Crippen LogP contribution in [0.25, 0.3) is 0 Å². The van der Waals surface area contributed by atoms with Crippen LogP contribution in [0, 0.1) is 6.92 Å². The first-order chi connectivity index (χ1) is 16.3. The summed E-state index contributed by atoms with van der Waals surface area (Å²) in [6, 6.07) is 16.3. The fourth-order valence-corrected chi connectivity index (χ4v) is 4.85. The quantitative estimate of drug-likeness (QED) is 0.740. The Bertz CT molecular complexity index is 1040. The molecule has 180 valence electrons. The van der Waals surface area contributed by atoms with E-state index in [1.54, 1.807) is 11.0 Å². The number of rotatable bonds is 5. The standard InChI is InChI=1S/C27H33N3O4/c1-19(2)28-25(32)23-18-34-27(30(23)26(33)22-11-7-8-20(3)16-22)12-14-29(15-13-27)24(31)17-21-9-5-4-6-10-21/h4-11,16,19,23H,12-15,17-18H2,1-3H3,(H,28,32). The molecule has 0 radical (unpaired) electrons. The largest absolute Gasteiger partial charge is 0.353 e. The molecule has 1 atom stereocenters. The number of piperidine rings is 1. The molecular formula is C27H33N3O4. The number of carbonyl (C=O) groups excluding carboxylic acids is 3. The molecule has 0 saturated carbocycles. The van der Waals surface area contributed by atoms with Crippen LogP contribution in [-0.2, 0) is 20.7 Å². The highest BCUT2D eigenvalue weighted by molar-refractivity contribution is 5.98. The summed E-state index contributed by atoms with van der Waals surface area (Å²) in [4.78, 5) is 43.1. The zero-order valence-corrected chi connectivity index (χ0v) is 20.1. The molecule has 2 aromatic rings. The van der Waals surface area contributed by atoms with Crippen LogP contribution in [0.4, 0.5) is 0 Å². The van der Waals surface area contributed by atoms with E-state index < -0.39 is 11.8 Å². The van der Waals surface area contributed by atoms with Gasteiger partial charge in [0.15, 0.2) is 0 Å². The van der Waals surface area contributed by atoms with E-state index in [1.165, 1.54) is 0 Å². The van der Waals surface area contributed by atoms with E-state index in [9.17, 15) is 14.4 Å². The second kappa shape index (κ2) is 9.97.